The van der Waals surface area contributed by atoms with Gasteiger partial charge in [-0.05, 0) is 35.9 Å². The van der Waals surface area contributed by atoms with Crippen LogP contribution in [0.3, 0.4) is 0 Å². The normalized spacial score (nSPS) is 12.7. The molecule has 2 amide bonds. The summed E-state index contributed by atoms with van der Waals surface area (Å²) in [6, 6.07) is 10.9. The van der Waals surface area contributed by atoms with Crippen LogP contribution in [0.2, 0.25) is 0 Å². The fraction of sp³-hybridized carbons (Fsp3) is 0.130. The van der Waals surface area contributed by atoms with E-state index in [2.05, 4.69) is 6.58 Å². The zero-order chi connectivity index (χ0) is 22.2. The van der Waals surface area contributed by atoms with E-state index in [0.717, 1.165) is 4.90 Å². The Morgan fingerprint density at radius 3 is 2.39 bits per heavy atom. The highest BCUT2D eigenvalue weighted by Gasteiger charge is 2.36. The van der Waals surface area contributed by atoms with Crippen molar-refractivity contribution >= 4 is 35.8 Å². The first-order chi connectivity index (χ1) is 15.0. The maximum atomic E-state index is 12.7. The van der Waals surface area contributed by atoms with E-state index in [1.54, 1.807) is 30.3 Å². The summed E-state index contributed by atoms with van der Waals surface area (Å²) in [6.07, 6.45) is 4.68. The lowest BCUT2D eigenvalue weighted by Crippen LogP contribution is -2.29. The van der Waals surface area contributed by atoms with Crippen molar-refractivity contribution in [2.45, 2.75) is 0 Å². The van der Waals surface area contributed by atoms with Crippen LogP contribution in [0.1, 0.15) is 36.6 Å². The van der Waals surface area contributed by atoms with Crippen molar-refractivity contribution in [2.24, 2.45) is 0 Å². The van der Waals surface area contributed by atoms with Crippen molar-refractivity contribution in [3.05, 3.63) is 83.6 Å². The number of aldehydes is 1. The molecule has 1 aliphatic heterocycles. The van der Waals surface area contributed by atoms with Gasteiger partial charge in [0.05, 0.1) is 29.7 Å². The minimum atomic E-state index is -0.538. The molecule has 0 radical (unpaired) electrons. The molecule has 0 saturated heterocycles. The van der Waals surface area contributed by atoms with Crippen LogP contribution in [0.15, 0.2) is 61.4 Å². The number of amides is 2. The summed E-state index contributed by atoms with van der Waals surface area (Å²) >= 11 is 0. The van der Waals surface area contributed by atoms with Gasteiger partial charge in [-0.3, -0.25) is 14.4 Å². The van der Waals surface area contributed by atoms with Crippen molar-refractivity contribution in [3.63, 3.8) is 0 Å². The Morgan fingerprint density at radius 1 is 0.968 bits per heavy atom. The van der Waals surface area contributed by atoms with Crippen molar-refractivity contribution in [1.82, 2.24) is 0 Å². The number of hydrogen-bond donors (Lipinski definition) is 0. The maximum Gasteiger partial charge on any atom is 0.330 e. The van der Waals surface area contributed by atoms with E-state index in [0.29, 0.717) is 23.1 Å². The zero-order valence-corrected chi connectivity index (χ0v) is 16.5. The van der Waals surface area contributed by atoms with E-state index in [1.165, 1.54) is 30.5 Å². The smallest absolute Gasteiger partial charge is 0.330 e. The third-order valence-corrected chi connectivity index (χ3v) is 4.35. The van der Waals surface area contributed by atoms with Crippen LogP contribution in [-0.2, 0) is 19.0 Å². The summed E-state index contributed by atoms with van der Waals surface area (Å²) in [5.41, 5.74) is 1.84. The molecule has 3 rings (SSSR count). The topological polar surface area (TPSA) is 99.2 Å². The Morgan fingerprint density at radius 2 is 1.68 bits per heavy atom. The Kier molecular flexibility index (Phi) is 7.08. The summed E-state index contributed by atoms with van der Waals surface area (Å²) in [7, 11) is 0. The predicted octanol–water partition coefficient (Wildman–Crippen LogP) is 2.99. The number of ether oxygens (including phenoxy) is 3. The Hall–Kier alpha value is -4.04. The molecule has 8 nitrogen and oxygen atoms in total. The lowest BCUT2D eigenvalue weighted by atomic mass is 10.1. The molecule has 0 aromatic heterocycles. The molecular formula is C23H19NO7. The minimum Gasteiger partial charge on any atom is -0.476 e. The fourth-order valence-corrected chi connectivity index (χ4v) is 2.87. The zero-order valence-electron chi connectivity index (χ0n) is 16.5. The van der Waals surface area contributed by atoms with Crippen LogP contribution < -0.4 is 4.90 Å². The minimum absolute atomic E-state index is 0.0363. The molecule has 8 heteroatoms. The second-order valence-corrected chi connectivity index (χ2v) is 6.32. The first-order valence-corrected chi connectivity index (χ1v) is 9.28. The number of rotatable bonds is 10. The number of benzene rings is 2. The van der Waals surface area contributed by atoms with Gasteiger partial charge >= 0.3 is 5.97 Å². The number of esters is 1. The number of nitrogens with zero attached hydrogens (tertiary/aromatic N) is 1. The van der Waals surface area contributed by atoms with Gasteiger partial charge in [-0.15, -0.1) is 0 Å². The molecule has 0 unspecified atom stereocenters. The van der Waals surface area contributed by atoms with Gasteiger partial charge in [0.25, 0.3) is 11.8 Å². The van der Waals surface area contributed by atoms with E-state index >= 15 is 0 Å². The number of hydrogen-bond acceptors (Lipinski definition) is 7. The Labute approximate surface area is 178 Å². The van der Waals surface area contributed by atoms with Gasteiger partial charge in [0.1, 0.15) is 12.9 Å². The molecule has 2 aromatic rings. The van der Waals surface area contributed by atoms with Crippen LogP contribution in [0.4, 0.5) is 5.69 Å². The summed E-state index contributed by atoms with van der Waals surface area (Å²) < 4.78 is 14.8. The molecular weight excluding hydrogens is 402 g/mol. The Bertz CT molecular complexity index is 1040. The van der Waals surface area contributed by atoms with E-state index in [1.807, 2.05) is 0 Å². The maximum absolute atomic E-state index is 12.7. The van der Waals surface area contributed by atoms with Crippen LogP contribution >= 0.6 is 0 Å². The third-order valence-electron chi connectivity index (χ3n) is 4.35. The molecule has 0 saturated carbocycles. The van der Waals surface area contributed by atoms with Gasteiger partial charge in [-0.1, -0.05) is 24.8 Å². The van der Waals surface area contributed by atoms with Gasteiger partial charge in [0.15, 0.2) is 6.79 Å². The second kappa shape index (κ2) is 10.1. The molecule has 158 valence electrons. The second-order valence-electron chi connectivity index (χ2n) is 6.32. The number of imide groups is 1. The van der Waals surface area contributed by atoms with Crippen LogP contribution in [0.5, 0.6) is 0 Å². The van der Waals surface area contributed by atoms with Crippen molar-refractivity contribution in [1.29, 1.82) is 0 Å². The highest BCUT2D eigenvalue weighted by atomic mass is 16.7. The lowest BCUT2D eigenvalue weighted by Gasteiger charge is -2.13. The van der Waals surface area contributed by atoms with Crippen LogP contribution in [-0.4, -0.2) is 44.1 Å². The summed E-state index contributed by atoms with van der Waals surface area (Å²) in [5.74, 6) is -1.48. The average molecular weight is 421 g/mol. The number of carbonyl (C=O) groups excluding carboxylic acids is 4. The van der Waals surface area contributed by atoms with Gasteiger partial charge in [0.2, 0.25) is 0 Å². The van der Waals surface area contributed by atoms with E-state index < -0.39 is 17.8 Å². The van der Waals surface area contributed by atoms with Gasteiger partial charge < -0.3 is 14.2 Å². The monoisotopic (exact) mass is 421 g/mol. The molecule has 0 fully saturated rings. The fourth-order valence-electron chi connectivity index (χ4n) is 2.87. The highest BCUT2D eigenvalue weighted by molar-refractivity contribution is 6.34. The lowest BCUT2D eigenvalue weighted by molar-refractivity contribution is -0.140. The highest BCUT2D eigenvalue weighted by Crippen LogP contribution is 2.29. The van der Waals surface area contributed by atoms with Gasteiger partial charge in [-0.2, -0.15) is 0 Å². The molecule has 0 bridgehead atoms. The Balaban J connectivity index is 1.59. The van der Waals surface area contributed by atoms with Crippen LogP contribution in [0.25, 0.3) is 6.08 Å². The summed E-state index contributed by atoms with van der Waals surface area (Å²) in [6.45, 7) is 3.67. The first kappa shape index (κ1) is 21.7. The first-order valence-electron chi connectivity index (χ1n) is 9.28. The molecule has 0 N–H and O–H groups in total. The number of fused-ring (bicyclic) bond motifs is 1. The average Bonchev–Trinajstić information content (AvgIpc) is 3.04. The number of anilines is 1. The molecule has 1 aliphatic rings. The molecule has 0 aliphatic carbocycles. The largest absolute Gasteiger partial charge is 0.476 e. The third kappa shape index (κ3) is 5.12. The molecule has 2 aromatic carbocycles. The standard InChI is InChI=1S/C23H19NO7/c1-2-29-15-30-11-12-31-21(26)10-6-16-3-7-18(8-4-16)24-22(27)19-9-5-17(14-25)13-20(19)23(24)28/h2-10,13-14H,1,11-12,15H2. The van der Waals surface area contributed by atoms with E-state index in [-0.39, 0.29) is 31.1 Å². The van der Waals surface area contributed by atoms with Crippen molar-refractivity contribution in [2.75, 3.05) is 24.9 Å². The molecule has 31 heavy (non-hydrogen) atoms. The SMILES string of the molecule is C=COCOCCOC(=O)C=Cc1ccc(N2C(=O)c3ccc(C=O)cc3C2=O)cc1. The van der Waals surface area contributed by atoms with E-state index in [9.17, 15) is 19.2 Å². The predicted molar refractivity (Wildman–Crippen MR) is 112 cm³/mol. The summed E-state index contributed by atoms with van der Waals surface area (Å²) in [5, 5.41) is 0. The van der Waals surface area contributed by atoms with Crippen LogP contribution in [0, 0.1) is 0 Å². The van der Waals surface area contributed by atoms with E-state index in [4.69, 9.17) is 14.2 Å². The van der Waals surface area contributed by atoms with Crippen molar-refractivity contribution < 1.29 is 33.4 Å². The van der Waals surface area contributed by atoms with Gasteiger partial charge in [-0.25, -0.2) is 9.69 Å². The van der Waals surface area contributed by atoms with Gasteiger partial charge in [0, 0.05) is 11.6 Å². The number of carbonyl (C=O) groups is 4. The molecule has 1 heterocycles. The van der Waals surface area contributed by atoms with Crippen molar-refractivity contribution in [3.8, 4) is 0 Å². The quantitative estimate of drug-likeness (QED) is 0.111. The molecule has 0 atom stereocenters. The summed E-state index contributed by atoms with van der Waals surface area (Å²) in [4.78, 5) is 49.0. The molecule has 0 spiro atoms.